The van der Waals surface area contributed by atoms with Gasteiger partial charge in [0.25, 0.3) is 0 Å². The lowest BCUT2D eigenvalue weighted by Crippen LogP contribution is -1.91. The molecule has 0 spiro atoms. The molecule has 2 N–H and O–H groups in total. The van der Waals surface area contributed by atoms with E-state index >= 15 is 0 Å². The molecule has 0 saturated heterocycles. The minimum atomic E-state index is 0.773. The molecule has 1 aromatic heterocycles. The van der Waals surface area contributed by atoms with Crippen LogP contribution in [0.25, 0.3) is 11.3 Å². The fraction of sp³-hybridized carbons (Fsp3) is 0.0909. The van der Waals surface area contributed by atoms with Gasteiger partial charge in [0, 0.05) is 17.4 Å². The van der Waals surface area contributed by atoms with Gasteiger partial charge in [-0.3, -0.25) is 0 Å². The smallest absolute Gasteiger partial charge is 0.0932 e. The highest BCUT2D eigenvalue weighted by molar-refractivity contribution is 5.65. The van der Waals surface area contributed by atoms with Crippen LogP contribution in [0.5, 0.6) is 0 Å². The molecule has 1 heterocycles. The summed E-state index contributed by atoms with van der Waals surface area (Å²) in [5.74, 6) is 0. The molecule has 3 heteroatoms. The van der Waals surface area contributed by atoms with Gasteiger partial charge in [0.05, 0.1) is 5.69 Å². The van der Waals surface area contributed by atoms with Crippen molar-refractivity contribution in [1.29, 1.82) is 0 Å². The second-order valence-corrected chi connectivity index (χ2v) is 3.18. The van der Waals surface area contributed by atoms with Crippen molar-refractivity contribution in [3.05, 3.63) is 42.1 Å². The highest BCUT2D eigenvalue weighted by atomic mass is 15.1. The first-order chi connectivity index (χ1) is 6.77. The van der Waals surface area contributed by atoms with Crippen molar-refractivity contribution in [3.63, 3.8) is 0 Å². The summed E-state index contributed by atoms with van der Waals surface area (Å²) in [7, 11) is 0. The first kappa shape index (κ1) is 8.69. The maximum atomic E-state index is 5.67. The number of anilines is 1. The van der Waals surface area contributed by atoms with E-state index in [-0.39, 0.29) is 0 Å². The third kappa shape index (κ3) is 1.57. The number of nitrogens with two attached hydrogens (primary N) is 1. The number of nitrogens with zero attached hydrogens (tertiary/aromatic N) is 2. The van der Waals surface area contributed by atoms with Crippen LogP contribution in [-0.4, -0.2) is 10.2 Å². The Balaban J connectivity index is 2.53. The van der Waals surface area contributed by atoms with E-state index in [1.54, 1.807) is 6.20 Å². The van der Waals surface area contributed by atoms with Gasteiger partial charge in [-0.25, -0.2) is 0 Å². The molecular formula is C11H11N3. The van der Waals surface area contributed by atoms with Gasteiger partial charge in [0.1, 0.15) is 0 Å². The Hall–Kier alpha value is -1.90. The molecule has 0 radical (unpaired) electrons. The van der Waals surface area contributed by atoms with Crippen LogP contribution in [0.4, 0.5) is 5.69 Å². The van der Waals surface area contributed by atoms with Crippen LogP contribution in [0.3, 0.4) is 0 Å². The van der Waals surface area contributed by atoms with E-state index in [0.717, 1.165) is 22.5 Å². The number of hydrogen-bond donors (Lipinski definition) is 1. The molecule has 14 heavy (non-hydrogen) atoms. The summed E-state index contributed by atoms with van der Waals surface area (Å²) in [5.41, 5.74) is 9.51. The topological polar surface area (TPSA) is 51.8 Å². The van der Waals surface area contributed by atoms with E-state index in [4.69, 9.17) is 5.73 Å². The molecule has 1 aromatic carbocycles. The molecule has 2 rings (SSSR count). The Morgan fingerprint density at radius 2 is 2.07 bits per heavy atom. The van der Waals surface area contributed by atoms with Crippen LogP contribution in [0.1, 0.15) is 5.56 Å². The number of aryl methyl sites for hydroxylation is 1. The lowest BCUT2D eigenvalue weighted by molar-refractivity contribution is 1.04. The van der Waals surface area contributed by atoms with E-state index in [1.807, 2.05) is 37.3 Å². The summed E-state index contributed by atoms with van der Waals surface area (Å²) in [6.07, 6.45) is 1.66. The van der Waals surface area contributed by atoms with Crippen molar-refractivity contribution in [2.24, 2.45) is 0 Å². The molecule has 0 aliphatic carbocycles. The standard InChI is InChI=1S/C11H11N3/c1-8-7-9(12)4-5-10(8)11-3-2-6-13-14-11/h2-7H,12H2,1H3. The van der Waals surface area contributed by atoms with Crippen molar-refractivity contribution in [3.8, 4) is 11.3 Å². The summed E-state index contributed by atoms with van der Waals surface area (Å²) < 4.78 is 0. The second-order valence-electron chi connectivity index (χ2n) is 3.18. The molecule has 0 atom stereocenters. The first-order valence-electron chi connectivity index (χ1n) is 4.41. The average Bonchev–Trinajstić information content (AvgIpc) is 2.19. The van der Waals surface area contributed by atoms with Crippen molar-refractivity contribution in [2.75, 3.05) is 5.73 Å². The van der Waals surface area contributed by atoms with Crippen LogP contribution in [-0.2, 0) is 0 Å². The highest BCUT2D eigenvalue weighted by Gasteiger charge is 2.02. The summed E-state index contributed by atoms with van der Waals surface area (Å²) in [6.45, 7) is 2.01. The third-order valence-corrected chi connectivity index (χ3v) is 2.10. The quantitative estimate of drug-likeness (QED) is 0.691. The van der Waals surface area contributed by atoms with E-state index in [0.29, 0.717) is 0 Å². The number of hydrogen-bond acceptors (Lipinski definition) is 3. The van der Waals surface area contributed by atoms with E-state index in [1.165, 1.54) is 0 Å². The molecule has 0 unspecified atom stereocenters. The Labute approximate surface area is 82.6 Å². The van der Waals surface area contributed by atoms with Gasteiger partial charge in [-0.2, -0.15) is 10.2 Å². The fourth-order valence-corrected chi connectivity index (χ4v) is 1.42. The Morgan fingerprint density at radius 3 is 2.71 bits per heavy atom. The number of nitrogen functional groups attached to an aromatic ring is 1. The molecule has 0 aliphatic heterocycles. The highest BCUT2D eigenvalue weighted by Crippen LogP contribution is 2.22. The molecule has 0 aliphatic rings. The van der Waals surface area contributed by atoms with Crippen LogP contribution < -0.4 is 5.73 Å². The zero-order chi connectivity index (χ0) is 9.97. The van der Waals surface area contributed by atoms with Gasteiger partial charge < -0.3 is 5.73 Å². The fourth-order valence-electron chi connectivity index (χ4n) is 1.42. The Bertz CT molecular complexity index is 438. The third-order valence-electron chi connectivity index (χ3n) is 2.10. The van der Waals surface area contributed by atoms with Crippen LogP contribution in [0, 0.1) is 6.92 Å². The second kappa shape index (κ2) is 3.46. The van der Waals surface area contributed by atoms with Gasteiger partial charge in [-0.15, -0.1) is 0 Å². The first-order valence-corrected chi connectivity index (χ1v) is 4.41. The molecule has 0 bridgehead atoms. The number of benzene rings is 1. The molecule has 3 nitrogen and oxygen atoms in total. The van der Waals surface area contributed by atoms with Crippen molar-refractivity contribution < 1.29 is 0 Å². The molecular weight excluding hydrogens is 174 g/mol. The van der Waals surface area contributed by atoms with Crippen molar-refractivity contribution in [2.45, 2.75) is 6.92 Å². The molecule has 0 fully saturated rings. The molecule has 0 saturated carbocycles. The largest absolute Gasteiger partial charge is 0.399 e. The number of aromatic nitrogens is 2. The maximum Gasteiger partial charge on any atom is 0.0932 e. The van der Waals surface area contributed by atoms with Crippen LogP contribution in [0.2, 0.25) is 0 Å². The molecule has 70 valence electrons. The monoisotopic (exact) mass is 185 g/mol. The van der Waals surface area contributed by atoms with E-state index in [2.05, 4.69) is 10.2 Å². The minimum absolute atomic E-state index is 0.773. The van der Waals surface area contributed by atoms with Gasteiger partial charge >= 0.3 is 0 Å². The van der Waals surface area contributed by atoms with Crippen molar-refractivity contribution >= 4 is 5.69 Å². The predicted octanol–water partition coefficient (Wildman–Crippen LogP) is 2.03. The van der Waals surface area contributed by atoms with E-state index in [9.17, 15) is 0 Å². The summed E-state index contributed by atoms with van der Waals surface area (Å²) >= 11 is 0. The van der Waals surface area contributed by atoms with Crippen LogP contribution >= 0.6 is 0 Å². The minimum Gasteiger partial charge on any atom is -0.399 e. The molecule has 2 aromatic rings. The predicted molar refractivity (Wildman–Crippen MR) is 56.6 cm³/mol. The SMILES string of the molecule is Cc1cc(N)ccc1-c1cccnn1. The summed E-state index contributed by atoms with van der Waals surface area (Å²) in [5, 5.41) is 7.89. The molecule has 0 amide bonds. The van der Waals surface area contributed by atoms with Crippen molar-refractivity contribution in [1.82, 2.24) is 10.2 Å². The lowest BCUT2D eigenvalue weighted by Gasteiger charge is -2.04. The van der Waals surface area contributed by atoms with E-state index < -0.39 is 0 Å². The van der Waals surface area contributed by atoms with Gasteiger partial charge in [0.2, 0.25) is 0 Å². The Morgan fingerprint density at radius 1 is 1.21 bits per heavy atom. The van der Waals surface area contributed by atoms with Gasteiger partial charge in [0.15, 0.2) is 0 Å². The summed E-state index contributed by atoms with van der Waals surface area (Å²) in [4.78, 5) is 0. The Kier molecular flexibility index (Phi) is 2.14. The van der Waals surface area contributed by atoms with Gasteiger partial charge in [-0.1, -0.05) is 6.07 Å². The van der Waals surface area contributed by atoms with Gasteiger partial charge in [-0.05, 0) is 36.8 Å². The van der Waals surface area contributed by atoms with Crippen LogP contribution in [0.15, 0.2) is 36.5 Å². The zero-order valence-electron chi connectivity index (χ0n) is 7.94. The lowest BCUT2D eigenvalue weighted by atomic mass is 10.1. The summed E-state index contributed by atoms with van der Waals surface area (Å²) in [6, 6.07) is 9.58. The maximum absolute atomic E-state index is 5.67. The number of rotatable bonds is 1. The zero-order valence-corrected chi connectivity index (χ0v) is 7.94. The average molecular weight is 185 g/mol. The normalized spacial score (nSPS) is 10.1.